The zero-order valence-corrected chi connectivity index (χ0v) is 26.2. The number of aromatic nitrogens is 2. The van der Waals surface area contributed by atoms with Crippen molar-refractivity contribution in [3.05, 3.63) is 92.5 Å². The summed E-state index contributed by atoms with van der Waals surface area (Å²) < 4.78 is 11.8. The lowest BCUT2D eigenvalue weighted by molar-refractivity contribution is 0.0483. The first-order chi connectivity index (χ1) is 20.7. The summed E-state index contributed by atoms with van der Waals surface area (Å²) in [5, 5.41) is 4.88. The fourth-order valence-corrected chi connectivity index (χ4v) is 5.21. The van der Waals surface area contributed by atoms with Crippen LogP contribution in [0.3, 0.4) is 0 Å². The Morgan fingerprint density at radius 2 is 1.73 bits per heavy atom. The number of rotatable bonds is 5. The number of nitrogens with zero attached hydrogens (tertiary/aromatic N) is 1. The smallest absolute Gasteiger partial charge is 0.426 e. The molecule has 0 saturated carbocycles. The van der Waals surface area contributed by atoms with Crippen LogP contribution in [0, 0.1) is 27.7 Å². The van der Waals surface area contributed by atoms with Crippen molar-refractivity contribution in [2.75, 3.05) is 5.32 Å². The van der Waals surface area contributed by atoms with Crippen molar-refractivity contribution in [1.82, 2.24) is 20.8 Å². The van der Waals surface area contributed by atoms with Crippen molar-refractivity contribution in [2.24, 2.45) is 0 Å². The van der Waals surface area contributed by atoms with E-state index in [0.29, 0.717) is 33.7 Å². The van der Waals surface area contributed by atoms with E-state index in [1.807, 2.05) is 51.1 Å². The molecule has 44 heavy (non-hydrogen) atoms. The highest BCUT2D eigenvalue weighted by atomic mass is 16.6. The lowest BCUT2D eigenvalue weighted by Gasteiger charge is -2.21. The van der Waals surface area contributed by atoms with Crippen LogP contribution in [0.4, 0.5) is 10.5 Å². The van der Waals surface area contributed by atoms with Crippen molar-refractivity contribution in [1.29, 1.82) is 0 Å². The number of fused-ring (bicyclic) bond motifs is 2. The van der Waals surface area contributed by atoms with Gasteiger partial charge in [0.25, 0.3) is 5.91 Å². The van der Waals surface area contributed by atoms with Gasteiger partial charge in [0.05, 0.1) is 17.1 Å². The molecule has 0 radical (unpaired) electrons. The first kappa shape index (κ1) is 30.3. The van der Waals surface area contributed by atoms with E-state index in [1.165, 1.54) is 0 Å². The topological polar surface area (TPSA) is 138 Å². The summed E-state index contributed by atoms with van der Waals surface area (Å²) in [4.78, 5) is 46.6. The molecular weight excluding hydrogens is 558 g/mol. The van der Waals surface area contributed by atoms with E-state index in [4.69, 9.17) is 9.15 Å². The Morgan fingerprint density at radius 1 is 0.977 bits per heavy atom. The molecule has 5 rings (SSSR count). The molecule has 10 nitrogen and oxygen atoms in total. The maximum Gasteiger partial charge on any atom is 0.426 e. The van der Waals surface area contributed by atoms with Crippen LogP contribution in [0.5, 0.6) is 0 Å². The number of H-pyrrole nitrogens is 1. The minimum absolute atomic E-state index is 0.0814. The molecule has 3 aromatic heterocycles. The van der Waals surface area contributed by atoms with Gasteiger partial charge in [0.15, 0.2) is 11.1 Å². The Bertz CT molecular complexity index is 1980. The van der Waals surface area contributed by atoms with Crippen molar-refractivity contribution < 1.29 is 18.7 Å². The van der Waals surface area contributed by atoms with Crippen LogP contribution in [-0.2, 0) is 4.74 Å². The van der Waals surface area contributed by atoms with Gasteiger partial charge in [-0.15, -0.1) is 0 Å². The Morgan fingerprint density at radius 3 is 2.45 bits per heavy atom. The van der Waals surface area contributed by atoms with E-state index in [-0.39, 0.29) is 11.1 Å². The van der Waals surface area contributed by atoms with E-state index in [1.54, 1.807) is 46.8 Å². The summed E-state index contributed by atoms with van der Waals surface area (Å²) in [6.07, 6.45) is -0.792. The molecule has 0 aliphatic heterocycles. The number of carbonyl (C=O) groups excluding carboxylic acids is 2. The van der Waals surface area contributed by atoms with Gasteiger partial charge >= 0.3 is 6.09 Å². The second-order valence-electron chi connectivity index (χ2n) is 12.2. The normalized spacial score (nSPS) is 12.3. The molecule has 0 fully saturated rings. The molecule has 0 saturated heterocycles. The lowest BCUT2D eigenvalue weighted by Crippen LogP contribution is -2.44. The zero-order chi connectivity index (χ0) is 31.9. The van der Waals surface area contributed by atoms with Crippen LogP contribution in [0.15, 0.2) is 57.7 Å². The number of amides is 2. The van der Waals surface area contributed by atoms with Gasteiger partial charge in [-0.25, -0.2) is 15.2 Å². The van der Waals surface area contributed by atoms with Gasteiger partial charge in [-0.1, -0.05) is 6.07 Å². The summed E-state index contributed by atoms with van der Waals surface area (Å²) in [5.41, 5.74) is 10.4. The molecule has 4 N–H and O–H groups in total. The molecule has 10 heteroatoms. The Labute approximate surface area is 255 Å². The highest BCUT2D eigenvalue weighted by molar-refractivity contribution is 5.98. The highest BCUT2D eigenvalue weighted by Gasteiger charge is 2.22. The molecule has 2 aromatic carbocycles. The number of hydrazine groups is 1. The second-order valence-corrected chi connectivity index (χ2v) is 12.2. The summed E-state index contributed by atoms with van der Waals surface area (Å²) in [7, 11) is 0. The second kappa shape index (κ2) is 11.5. The molecule has 3 heterocycles. The fourth-order valence-electron chi connectivity index (χ4n) is 5.21. The Kier molecular flexibility index (Phi) is 7.94. The number of aryl methyl sites for hydroxylation is 3. The van der Waals surface area contributed by atoms with Gasteiger partial charge in [-0.05, 0) is 103 Å². The number of pyridine rings is 1. The Hall–Kier alpha value is -5.12. The van der Waals surface area contributed by atoms with Crippen molar-refractivity contribution >= 4 is 39.6 Å². The summed E-state index contributed by atoms with van der Waals surface area (Å²) >= 11 is 0. The average Bonchev–Trinajstić information content (AvgIpc) is 3.32. The first-order valence-corrected chi connectivity index (χ1v) is 14.4. The monoisotopic (exact) mass is 595 g/mol. The average molecular weight is 596 g/mol. The predicted molar refractivity (Wildman–Crippen MR) is 172 cm³/mol. The van der Waals surface area contributed by atoms with E-state index in [0.717, 1.165) is 33.3 Å². The number of hydrogen-bond donors (Lipinski definition) is 4. The molecule has 2 amide bonds. The summed E-state index contributed by atoms with van der Waals surface area (Å²) in [5.74, 6) is -0.117. The minimum Gasteiger partial charge on any atom is -0.455 e. The van der Waals surface area contributed by atoms with Crippen LogP contribution < -0.4 is 21.6 Å². The van der Waals surface area contributed by atoms with Crippen LogP contribution >= 0.6 is 0 Å². The number of anilines is 1. The zero-order valence-electron chi connectivity index (χ0n) is 26.2. The maximum atomic E-state index is 13.7. The van der Waals surface area contributed by atoms with Crippen LogP contribution in [0.2, 0.25) is 0 Å². The van der Waals surface area contributed by atoms with Gasteiger partial charge in [0.1, 0.15) is 16.9 Å². The molecule has 0 unspecified atom stereocenters. The molecule has 0 spiro atoms. The Balaban J connectivity index is 1.51. The SMILES string of the molecule is Cc1cc([C@@H](C)Nc2ccc(C)nc2C(=O)NNC(=O)OC(C)(C)C)c2oc(-c3ccc4[nH]c(C)cc4c3)c(C)c(=O)c2c1. The molecule has 0 aliphatic carbocycles. The number of carbonyl (C=O) groups is 2. The maximum absolute atomic E-state index is 13.7. The van der Waals surface area contributed by atoms with Crippen molar-refractivity contribution in [2.45, 2.75) is 67.0 Å². The lowest BCUT2D eigenvalue weighted by atomic mass is 9.98. The number of aromatic amines is 1. The van der Waals surface area contributed by atoms with Gasteiger partial charge < -0.3 is 19.5 Å². The molecule has 1 atom stereocenters. The van der Waals surface area contributed by atoms with Crippen molar-refractivity contribution in [3.8, 4) is 11.3 Å². The molecule has 5 aromatic rings. The highest BCUT2D eigenvalue weighted by Crippen LogP contribution is 2.33. The van der Waals surface area contributed by atoms with Gasteiger partial charge in [-0.3, -0.25) is 15.0 Å². The minimum atomic E-state index is -0.792. The van der Waals surface area contributed by atoms with Crippen LogP contribution in [0.1, 0.15) is 72.3 Å². The third-order valence-corrected chi connectivity index (χ3v) is 7.17. The number of ether oxygens (including phenoxy) is 1. The quantitative estimate of drug-likeness (QED) is 0.162. The van der Waals surface area contributed by atoms with Crippen molar-refractivity contribution in [3.63, 3.8) is 0 Å². The van der Waals surface area contributed by atoms with Crippen LogP contribution in [0.25, 0.3) is 33.2 Å². The van der Waals surface area contributed by atoms with E-state index >= 15 is 0 Å². The van der Waals surface area contributed by atoms with Gasteiger partial charge in [0, 0.05) is 39.0 Å². The van der Waals surface area contributed by atoms with Crippen LogP contribution in [-0.4, -0.2) is 27.6 Å². The van der Waals surface area contributed by atoms with Gasteiger partial charge in [-0.2, -0.15) is 0 Å². The van der Waals surface area contributed by atoms with E-state index in [2.05, 4.69) is 32.2 Å². The molecule has 0 aliphatic rings. The van der Waals surface area contributed by atoms with E-state index < -0.39 is 23.6 Å². The van der Waals surface area contributed by atoms with Gasteiger partial charge in [0.2, 0.25) is 0 Å². The van der Waals surface area contributed by atoms with E-state index in [9.17, 15) is 14.4 Å². The summed E-state index contributed by atoms with van der Waals surface area (Å²) in [6.45, 7) is 14.6. The third kappa shape index (κ3) is 6.29. The third-order valence-electron chi connectivity index (χ3n) is 7.17. The fraction of sp³-hybridized carbons (Fsp3) is 0.294. The number of nitrogens with one attached hydrogen (secondary N) is 4. The largest absolute Gasteiger partial charge is 0.455 e. The molecule has 228 valence electrons. The molecular formula is C34H37N5O5. The predicted octanol–water partition coefficient (Wildman–Crippen LogP) is 6.91. The number of benzene rings is 2. The standard InChI is InChI=1S/C34H37N5O5/c1-17-13-24(21(5)37-27-11-9-18(2)36-28(27)32(41)38-39-33(42)44-34(6,7)8)31-25(14-17)29(40)20(4)30(43-31)22-10-12-26-23(16-22)15-19(3)35-26/h9-16,21,35,37H,1-8H3,(H,38,41)(H,39,42)/t21-/m1/s1. The summed E-state index contributed by atoms with van der Waals surface area (Å²) in [6, 6.07) is 14.9. The number of hydrogen-bond acceptors (Lipinski definition) is 7. The first-order valence-electron chi connectivity index (χ1n) is 14.4. The molecule has 0 bridgehead atoms.